The van der Waals surface area contributed by atoms with E-state index in [1.807, 2.05) is 12.1 Å². The van der Waals surface area contributed by atoms with Crippen molar-refractivity contribution in [2.45, 2.75) is 25.0 Å². The summed E-state index contributed by atoms with van der Waals surface area (Å²) in [6, 6.07) is 7.17. The lowest BCUT2D eigenvalue weighted by atomic mass is 9.96. The highest BCUT2D eigenvalue weighted by atomic mass is 16.4. The van der Waals surface area contributed by atoms with Crippen LogP contribution < -0.4 is 0 Å². The summed E-state index contributed by atoms with van der Waals surface area (Å²) in [5.41, 5.74) is 1.49. The van der Waals surface area contributed by atoms with E-state index in [0.29, 0.717) is 18.4 Å². The van der Waals surface area contributed by atoms with E-state index in [-0.39, 0.29) is 6.61 Å². The van der Waals surface area contributed by atoms with Gasteiger partial charge in [-0.15, -0.1) is 0 Å². The Bertz CT molecular complexity index is 314. The largest absolute Gasteiger partial charge is 0.396 e. The van der Waals surface area contributed by atoms with Crippen LogP contribution in [0.2, 0.25) is 0 Å². The van der Waals surface area contributed by atoms with E-state index >= 15 is 0 Å². The summed E-state index contributed by atoms with van der Waals surface area (Å²) in [7, 11) is 0. The predicted molar refractivity (Wildman–Crippen MR) is 59.9 cm³/mol. The molecule has 0 aliphatic carbocycles. The van der Waals surface area contributed by atoms with Crippen LogP contribution in [0, 0.1) is 0 Å². The zero-order valence-corrected chi connectivity index (χ0v) is 9.08. The molecule has 1 aromatic rings. The van der Waals surface area contributed by atoms with Gasteiger partial charge in [-0.05, 0) is 24.0 Å². The summed E-state index contributed by atoms with van der Waals surface area (Å²) in [6.07, 6.45) is -1.00. The Labute approximate surface area is 94.8 Å². The molecule has 0 saturated heterocycles. The molecular weight excluding hydrogens is 208 g/mol. The van der Waals surface area contributed by atoms with Crippen molar-refractivity contribution in [3.63, 3.8) is 0 Å². The third kappa shape index (κ3) is 3.28. The fraction of sp³-hybridized carbons (Fsp3) is 0.500. The summed E-state index contributed by atoms with van der Waals surface area (Å²) in [5.74, 6) is 0. The molecule has 0 amide bonds. The average Bonchev–Trinajstić information content (AvgIpc) is 2.34. The van der Waals surface area contributed by atoms with Crippen LogP contribution >= 0.6 is 0 Å². The van der Waals surface area contributed by atoms with E-state index in [0.717, 1.165) is 5.56 Å². The van der Waals surface area contributed by atoms with Crippen molar-refractivity contribution in [3.05, 3.63) is 35.4 Å². The van der Waals surface area contributed by atoms with Crippen LogP contribution in [0.5, 0.6) is 0 Å². The van der Waals surface area contributed by atoms with Crippen molar-refractivity contribution >= 4 is 0 Å². The van der Waals surface area contributed by atoms with Gasteiger partial charge in [-0.3, -0.25) is 0 Å². The minimum atomic E-state index is -1.17. The van der Waals surface area contributed by atoms with E-state index in [9.17, 15) is 10.2 Å². The van der Waals surface area contributed by atoms with Crippen LogP contribution in [0.15, 0.2) is 24.3 Å². The van der Waals surface area contributed by atoms with Crippen molar-refractivity contribution in [1.29, 1.82) is 0 Å². The molecule has 0 saturated carbocycles. The molecule has 90 valence electrons. The molecule has 4 heteroatoms. The second-order valence-corrected chi connectivity index (χ2v) is 3.72. The minimum Gasteiger partial charge on any atom is -0.396 e. The Morgan fingerprint density at radius 1 is 1.06 bits per heavy atom. The summed E-state index contributed by atoms with van der Waals surface area (Å²) >= 11 is 0. The van der Waals surface area contributed by atoms with Gasteiger partial charge in [-0.25, -0.2) is 0 Å². The van der Waals surface area contributed by atoms with Gasteiger partial charge in [0.2, 0.25) is 0 Å². The molecule has 0 aliphatic rings. The Hall–Kier alpha value is -0.940. The van der Waals surface area contributed by atoms with Gasteiger partial charge in [0.1, 0.15) is 12.2 Å². The molecule has 4 N–H and O–H groups in total. The molecule has 1 aromatic carbocycles. The van der Waals surface area contributed by atoms with Crippen molar-refractivity contribution in [2.75, 3.05) is 13.2 Å². The van der Waals surface area contributed by atoms with Crippen LogP contribution in [-0.4, -0.2) is 39.7 Å². The Morgan fingerprint density at radius 3 is 2.38 bits per heavy atom. The minimum absolute atomic E-state index is 0.0903. The van der Waals surface area contributed by atoms with Crippen molar-refractivity contribution in [2.24, 2.45) is 0 Å². The highest BCUT2D eigenvalue weighted by molar-refractivity contribution is 5.29. The second-order valence-electron chi connectivity index (χ2n) is 3.72. The van der Waals surface area contributed by atoms with Gasteiger partial charge in [0, 0.05) is 6.61 Å². The third-order valence-corrected chi connectivity index (χ3v) is 2.53. The number of rotatable bonds is 6. The van der Waals surface area contributed by atoms with Crippen LogP contribution in [0.25, 0.3) is 0 Å². The summed E-state index contributed by atoms with van der Waals surface area (Å²) in [4.78, 5) is 0. The zero-order chi connectivity index (χ0) is 12.0. The molecule has 1 rings (SSSR count). The molecule has 0 aromatic heterocycles. The number of aliphatic hydroxyl groups excluding tert-OH is 4. The first-order valence-electron chi connectivity index (χ1n) is 5.36. The fourth-order valence-corrected chi connectivity index (χ4v) is 1.63. The fourth-order valence-electron chi connectivity index (χ4n) is 1.63. The molecule has 0 spiro atoms. The normalized spacial score (nSPS) is 14.8. The first-order valence-corrected chi connectivity index (χ1v) is 5.36. The molecule has 0 aliphatic heterocycles. The lowest BCUT2D eigenvalue weighted by Gasteiger charge is -2.19. The monoisotopic (exact) mass is 226 g/mol. The third-order valence-electron chi connectivity index (χ3n) is 2.53. The molecule has 0 heterocycles. The maximum atomic E-state index is 9.80. The van der Waals surface area contributed by atoms with Gasteiger partial charge < -0.3 is 20.4 Å². The SMILES string of the molecule is OCCCc1ccccc1C(O)C(O)CO. The average molecular weight is 226 g/mol. The Morgan fingerprint density at radius 2 is 1.75 bits per heavy atom. The highest BCUT2D eigenvalue weighted by Crippen LogP contribution is 2.22. The second kappa shape index (κ2) is 6.60. The van der Waals surface area contributed by atoms with E-state index < -0.39 is 18.8 Å². The lowest BCUT2D eigenvalue weighted by Crippen LogP contribution is -2.23. The smallest absolute Gasteiger partial charge is 0.107 e. The van der Waals surface area contributed by atoms with Crippen LogP contribution in [-0.2, 0) is 6.42 Å². The highest BCUT2D eigenvalue weighted by Gasteiger charge is 2.19. The van der Waals surface area contributed by atoms with Gasteiger partial charge in [0.25, 0.3) is 0 Å². The van der Waals surface area contributed by atoms with Crippen LogP contribution in [0.4, 0.5) is 0 Å². The van der Waals surface area contributed by atoms with Gasteiger partial charge in [-0.1, -0.05) is 24.3 Å². The van der Waals surface area contributed by atoms with Crippen molar-refractivity contribution < 1.29 is 20.4 Å². The van der Waals surface area contributed by atoms with E-state index in [1.54, 1.807) is 12.1 Å². The molecule has 0 radical (unpaired) electrons. The summed E-state index contributed by atoms with van der Waals surface area (Å²) in [6.45, 7) is -0.386. The molecule has 0 bridgehead atoms. The number of aryl methyl sites for hydroxylation is 1. The summed E-state index contributed by atoms with van der Waals surface area (Å²) in [5, 5.41) is 36.7. The first kappa shape index (κ1) is 13.1. The summed E-state index contributed by atoms with van der Waals surface area (Å²) < 4.78 is 0. The number of hydrogen-bond donors (Lipinski definition) is 4. The zero-order valence-electron chi connectivity index (χ0n) is 9.08. The number of hydrogen-bond acceptors (Lipinski definition) is 4. The topological polar surface area (TPSA) is 80.9 Å². The molecular formula is C12H18O4. The van der Waals surface area contributed by atoms with Gasteiger partial charge >= 0.3 is 0 Å². The standard InChI is InChI=1S/C12H18O4/c13-7-3-5-9-4-1-2-6-10(9)12(16)11(15)8-14/h1-2,4,6,11-16H,3,5,7-8H2. The van der Waals surface area contributed by atoms with Crippen LogP contribution in [0.1, 0.15) is 23.7 Å². The van der Waals surface area contributed by atoms with Gasteiger partial charge in [0.05, 0.1) is 6.61 Å². The van der Waals surface area contributed by atoms with E-state index in [4.69, 9.17) is 10.2 Å². The maximum absolute atomic E-state index is 9.80. The first-order chi connectivity index (χ1) is 7.70. The van der Waals surface area contributed by atoms with Crippen molar-refractivity contribution in [3.8, 4) is 0 Å². The maximum Gasteiger partial charge on any atom is 0.107 e. The van der Waals surface area contributed by atoms with E-state index in [2.05, 4.69) is 0 Å². The molecule has 2 atom stereocenters. The lowest BCUT2D eigenvalue weighted by molar-refractivity contribution is -0.0156. The quantitative estimate of drug-likeness (QED) is 0.550. The van der Waals surface area contributed by atoms with Gasteiger partial charge in [0.15, 0.2) is 0 Å². The van der Waals surface area contributed by atoms with Crippen LogP contribution in [0.3, 0.4) is 0 Å². The number of aliphatic hydroxyl groups is 4. The molecule has 4 nitrogen and oxygen atoms in total. The van der Waals surface area contributed by atoms with Gasteiger partial charge in [-0.2, -0.15) is 0 Å². The van der Waals surface area contributed by atoms with Crippen molar-refractivity contribution in [1.82, 2.24) is 0 Å². The molecule has 0 fully saturated rings. The molecule has 2 unspecified atom stereocenters. The predicted octanol–water partition coefficient (Wildman–Crippen LogP) is -0.00190. The molecule has 16 heavy (non-hydrogen) atoms. The Balaban J connectivity index is 2.84. The van der Waals surface area contributed by atoms with E-state index in [1.165, 1.54) is 0 Å². The number of benzene rings is 1. The Kier molecular flexibility index (Phi) is 5.42.